The number of nitrogens with zero attached hydrogens (tertiary/aromatic N) is 1. The number of hydrogen-bond acceptors (Lipinski definition) is 2. The van der Waals surface area contributed by atoms with E-state index in [1.807, 2.05) is 0 Å². The highest BCUT2D eigenvalue weighted by Crippen LogP contribution is 2.30. The van der Waals surface area contributed by atoms with Crippen molar-refractivity contribution in [3.8, 4) is 0 Å². The van der Waals surface area contributed by atoms with E-state index in [1.54, 1.807) is 0 Å². The minimum absolute atomic E-state index is 0.606. The van der Waals surface area contributed by atoms with Crippen molar-refractivity contribution >= 4 is 11.4 Å². The van der Waals surface area contributed by atoms with Gasteiger partial charge in [0.25, 0.3) is 0 Å². The average molecular weight is 190 g/mol. The van der Waals surface area contributed by atoms with Crippen LogP contribution in [0.15, 0.2) is 18.2 Å². The lowest BCUT2D eigenvalue weighted by molar-refractivity contribution is 0.854. The van der Waals surface area contributed by atoms with Crippen LogP contribution in [0, 0.1) is 0 Å². The van der Waals surface area contributed by atoms with Crippen LogP contribution in [0.25, 0.3) is 0 Å². The molecule has 0 aliphatic carbocycles. The third kappa shape index (κ3) is 1.57. The Morgan fingerprint density at radius 3 is 2.86 bits per heavy atom. The molecule has 1 aromatic rings. The van der Waals surface area contributed by atoms with E-state index in [0.29, 0.717) is 5.92 Å². The zero-order valence-electron chi connectivity index (χ0n) is 9.17. The number of nitrogens with one attached hydrogen (secondary N) is 1. The molecule has 2 rings (SSSR count). The molecule has 0 radical (unpaired) electrons. The summed E-state index contributed by atoms with van der Waals surface area (Å²) in [6.07, 6.45) is 0. The summed E-state index contributed by atoms with van der Waals surface area (Å²) in [5.74, 6) is 0.606. The van der Waals surface area contributed by atoms with Gasteiger partial charge in [0.1, 0.15) is 0 Å². The van der Waals surface area contributed by atoms with E-state index < -0.39 is 0 Å². The first kappa shape index (κ1) is 9.38. The fraction of sp³-hybridized carbons (Fsp3) is 0.500. The molecule has 1 aliphatic heterocycles. The fourth-order valence-electron chi connectivity index (χ4n) is 1.87. The van der Waals surface area contributed by atoms with E-state index in [4.69, 9.17) is 0 Å². The van der Waals surface area contributed by atoms with Gasteiger partial charge in [-0.25, -0.2) is 0 Å². The zero-order chi connectivity index (χ0) is 10.1. The lowest BCUT2D eigenvalue weighted by Gasteiger charge is -2.29. The monoisotopic (exact) mass is 190 g/mol. The largest absolute Gasteiger partial charge is 0.382 e. The summed E-state index contributed by atoms with van der Waals surface area (Å²) < 4.78 is 0. The highest BCUT2D eigenvalue weighted by atomic mass is 15.2. The van der Waals surface area contributed by atoms with Gasteiger partial charge in [0, 0.05) is 20.1 Å². The Kier molecular flexibility index (Phi) is 2.36. The van der Waals surface area contributed by atoms with Crippen LogP contribution in [-0.4, -0.2) is 20.1 Å². The lowest BCUT2D eigenvalue weighted by Crippen LogP contribution is -2.30. The van der Waals surface area contributed by atoms with E-state index >= 15 is 0 Å². The Bertz CT molecular complexity index is 331. The van der Waals surface area contributed by atoms with Crippen LogP contribution in [0.1, 0.15) is 25.3 Å². The first-order chi connectivity index (χ1) is 6.68. The molecule has 1 aliphatic rings. The van der Waals surface area contributed by atoms with Gasteiger partial charge in [-0.2, -0.15) is 0 Å². The quantitative estimate of drug-likeness (QED) is 0.732. The van der Waals surface area contributed by atoms with Crippen LogP contribution in [0.5, 0.6) is 0 Å². The average Bonchev–Trinajstić information content (AvgIpc) is 2.17. The predicted molar refractivity (Wildman–Crippen MR) is 62.3 cm³/mol. The molecule has 0 fully saturated rings. The van der Waals surface area contributed by atoms with Crippen molar-refractivity contribution in [2.75, 3.05) is 30.4 Å². The van der Waals surface area contributed by atoms with E-state index in [0.717, 1.165) is 13.1 Å². The number of anilines is 2. The summed E-state index contributed by atoms with van der Waals surface area (Å²) in [7, 11) is 2.15. The summed E-state index contributed by atoms with van der Waals surface area (Å²) in [6.45, 7) is 6.60. The Morgan fingerprint density at radius 2 is 2.14 bits per heavy atom. The second-order valence-electron chi connectivity index (χ2n) is 4.28. The van der Waals surface area contributed by atoms with Gasteiger partial charge in [-0.15, -0.1) is 0 Å². The summed E-state index contributed by atoms with van der Waals surface area (Å²) in [5, 5.41) is 3.45. The SMILES string of the molecule is CC(C)c1ccc2c(c1)NCCN2C. The molecule has 0 unspecified atom stereocenters. The van der Waals surface area contributed by atoms with Crippen molar-refractivity contribution in [2.24, 2.45) is 0 Å². The number of hydrogen-bond donors (Lipinski definition) is 1. The minimum atomic E-state index is 0.606. The molecule has 14 heavy (non-hydrogen) atoms. The highest BCUT2D eigenvalue weighted by molar-refractivity contribution is 5.72. The molecule has 0 amide bonds. The molecule has 2 nitrogen and oxygen atoms in total. The minimum Gasteiger partial charge on any atom is -0.382 e. The van der Waals surface area contributed by atoms with Gasteiger partial charge in [-0.05, 0) is 23.6 Å². The smallest absolute Gasteiger partial charge is 0.0600 e. The summed E-state index contributed by atoms with van der Waals surface area (Å²) >= 11 is 0. The summed E-state index contributed by atoms with van der Waals surface area (Å²) in [5.41, 5.74) is 4.01. The number of fused-ring (bicyclic) bond motifs is 1. The first-order valence-corrected chi connectivity index (χ1v) is 5.27. The summed E-state index contributed by atoms with van der Waals surface area (Å²) in [4.78, 5) is 2.30. The third-order valence-electron chi connectivity index (χ3n) is 2.86. The van der Waals surface area contributed by atoms with E-state index in [-0.39, 0.29) is 0 Å². The Balaban J connectivity index is 2.39. The second-order valence-corrected chi connectivity index (χ2v) is 4.28. The maximum atomic E-state index is 3.45. The normalized spacial score (nSPS) is 15.3. The van der Waals surface area contributed by atoms with Crippen LogP contribution < -0.4 is 10.2 Å². The van der Waals surface area contributed by atoms with Crippen LogP contribution in [0.4, 0.5) is 11.4 Å². The van der Waals surface area contributed by atoms with E-state index in [2.05, 4.69) is 49.3 Å². The fourth-order valence-corrected chi connectivity index (χ4v) is 1.87. The van der Waals surface area contributed by atoms with Gasteiger partial charge in [0.2, 0.25) is 0 Å². The van der Waals surface area contributed by atoms with Crippen LogP contribution >= 0.6 is 0 Å². The highest BCUT2D eigenvalue weighted by Gasteiger charge is 2.13. The van der Waals surface area contributed by atoms with Crippen molar-refractivity contribution in [3.63, 3.8) is 0 Å². The van der Waals surface area contributed by atoms with Gasteiger partial charge >= 0.3 is 0 Å². The molecule has 0 bridgehead atoms. The molecular weight excluding hydrogens is 172 g/mol. The van der Waals surface area contributed by atoms with Crippen LogP contribution in [0.3, 0.4) is 0 Å². The van der Waals surface area contributed by atoms with Gasteiger partial charge < -0.3 is 10.2 Å². The molecule has 1 heterocycles. The van der Waals surface area contributed by atoms with Gasteiger partial charge in [-0.3, -0.25) is 0 Å². The Morgan fingerprint density at radius 1 is 1.36 bits per heavy atom. The molecule has 0 spiro atoms. The molecule has 1 N–H and O–H groups in total. The summed E-state index contributed by atoms with van der Waals surface area (Å²) in [6, 6.07) is 6.72. The molecule has 1 aromatic carbocycles. The molecule has 0 aromatic heterocycles. The molecule has 76 valence electrons. The molecular formula is C12H18N2. The molecule has 0 atom stereocenters. The standard InChI is InChI=1S/C12H18N2/c1-9(2)10-4-5-12-11(8-10)13-6-7-14(12)3/h4-5,8-9,13H,6-7H2,1-3H3. The number of rotatable bonds is 1. The van der Waals surface area contributed by atoms with Crippen molar-refractivity contribution in [2.45, 2.75) is 19.8 Å². The molecule has 2 heteroatoms. The van der Waals surface area contributed by atoms with Gasteiger partial charge in [-0.1, -0.05) is 19.9 Å². The van der Waals surface area contributed by atoms with E-state index in [9.17, 15) is 0 Å². The Hall–Kier alpha value is -1.18. The van der Waals surface area contributed by atoms with Gasteiger partial charge in [0.05, 0.1) is 11.4 Å². The van der Waals surface area contributed by atoms with Crippen molar-refractivity contribution in [1.29, 1.82) is 0 Å². The Labute approximate surface area is 85.9 Å². The molecule has 0 saturated carbocycles. The third-order valence-corrected chi connectivity index (χ3v) is 2.86. The maximum absolute atomic E-state index is 3.45. The number of likely N-dealkylation sites (N-methyl/N-ethyl adjacent to an activating group) is 1. The van der Waals surface area contributed by atoms with Crippen LogP contribution in [-0.2, 0) is 0 Å². The topological polar surface area (TPSA) is 15.3 Å². The van der Waals surface area contributed by atoms with E-state index in [1.165, 1.54) is 16.9 Å². The number of benzene rings is 1. The zero-order valence-corrected chi connectivity index (χ0v) is 9.17. The van der Waals surface area contributed by atoms with Gasteiger partial charge in [0.15, 0.2) is 0 Å². The van der Waals surface area contributed by atoms with Crippen molar-refractivity contribution < 1.29 is 0 Å². The van der Waals surface area contributed by atoms with Crippen molar-refractivity contribution in [1.82, 2.24) is 0 Å². The maximum Gasteiger partial charge on any atom is 0.0600 e. The lowest BCUT2D eigenvalue weighted by atomic mass is 10.0. The van der Waals surface area contributed by atoms with Crippen LogP contribution in [0.2, 0.25) is 0 Å². The first-order valence-electron chi connectivity index (χ1n) is 5.27. The predicted octanol–water partition coefficient (Wildman–Crippen LogP) is 2.67. The van der Waals surface area contributed by atoms with Crippen molar-refractivity contribution in [3.05, 3.63) is 23.8 Å². The second kappa shape index (κ2) is 3.52. The molecule has 0 saturated heterocycles.